The maximum atomic E-state index is 5.15. The Bertz CT molecular complexity index is 2480. The Morgan fingerprint density at radius 3 is 2.13 bits per heavy atom. The minimum Gasteiger partial charge on any atom is -0.327 e. The van der Waals surface area contributed by atoms with Gasteiger partial charge in [0, 0.05) is 71.3 Å². The van der Waals surface area contributed by atoms with Gasteiger partial charge in [0.15, 0.2) is 0 Å². The van der Waals surface area contributed by atoms with Gasteiger partial charge in [-0.15, -0.1) is 0 Å². The monoisotopic (exact) mass is 580 g/mol. The highest BCUT2D eigenvalue weighted by molar-refractivity contribution is 6.12. The summed E-state index contributed by atoms with van der Waals surface area (Å²) >= 11 is 0. The summed E-state index contributed by atoms with van der Waals surface area (Å²) < 4.78 is 8.92. The Morgan fingerprint density at radius 2 is 1.33 bits per heavy atom. The van der Waals surface area contributed by atoms with Gasteiger partial charge < -0.3 is 18.3 Å². The summed E-state index contributed by atoms with van der Waals surface area (Å²) in [5.74, 6) is 0.925. The number of rotatable bonds is 5. The van der Waals surface area contributed by atoms with E-state index in [0.717, 1.165) is 61.8 Å². The predicted molar refractivity (Wildman–Crippen MR) is 182 cm³/mol. The van der Waals surface area contributed by atoms with Crippen LogP contribution in [0.4, 0.5) is 0 Å². The summed E-state index contributed by atoms with van der Waals surface area (Å²) in [4.78, 5) is 9.78. The summed E-state index contributed by atoms with van der Waals surface area (Å²) in [5.41, 5.74) is 10.7. The number of hydrogen-bond donors (Lipinski definition) is 0. The molecule has 6 heteroatoms. The number of hydrogen-bond acceptors (Lipinski definition) is 2. The first kappa shape index (κ1) is 25.4. The minimum atomic E-state index is 0.925. The molecular weight excluding hydrogens is 552 g/mol. The smallest absolute Gasteiger partial charge is 0.143 e. The average molecular weight is 581 g/mol. The molecule has 6 nitrogen and oxygen atoms in total. The molecule has 5 heterocycles. The normalized spacial score (nSPS) is 11.7. The van der Waals surface area contributed by atoms with Crippen LogP contribution in [0.2, 0.25) is 0 Å². The third-order valence-corrected chi connectivity index (χ3v) is 8.74. The maximum Gasteiger partial charge on any atom is 0.143 e. The molecule has 9 aromatic rings. The number of imidazole rings is 1. The zero-order valence-electron chi connectivity index (χ0n) is 24.6. The van der Waals surface area contributed by atoms with Gasteiger partial charge in [0.2, 0.25) is 0 Å². The van der Waals surface area contributed by atoms with Crippen molar-refractivity contribution in [1.29, 1.82) is 0 Å². The van der Waals surface area contributed by atoms with Crippen LogP contribution in [0.1, 0.15) is 0 Å². The summed E-state index contributed by atoms with van der Waals surface area (Å²) in [6, 6.07) is 42.6. The average Bonchev–Trinajstić information content (AvgIpc) is 3.91. The summed E-state index contributed by atoms with van der Waals surface area (Å²) in [5, 5.41) is 2.36. The van der Waals surface area contributed by atoms with Crippen molar-refractivity contribution in [2.45, 2.75) is 0 Å². The molecule has 0 N–H and O–H groups in total. The standard InChI is InChI=1S/C39H28N6/c1-42-36-15-3-2-14-34(36)41-39(42)32-26-38-31(25-37(32)44-21-8-9-22-44)30-24-28(43-19-6-7-20-43)16-17-35(30)45(38)29-12-10-11-27(23-29)33-13-4-5-18-40-33/h2-26H,1H3. The first-order valence-corrected chi connectivity index (χ1v) is 15.1. The second kappa shape index (κ2) is 9.96. The highest BCUT2D eigenvalue weighted by Gasteiger charge is 2.21. The molecule has 0 atom stereocenters. The Hall–Kier alpha value is -6.14. The first-order valence-electron chi connectivity index (χ1n) is 15.1. The number of benzene rings is 4. The maximum absolute atomic E-state index is 5.15. The van der Waals surface area contributed by atoms with Crippen LogP contribution in [-0.4, -0.2) is 28.2 Å². The molecule has 0 radical (unpaired) electrons. The van der Waals surface area contributed by atoms with Crippen molar-refractivity contribution in [2.75, 3.05) is 0 Å². The van der Waals surface area contributed by atoms with Crippen molar-refractivity contribution in [2.24, 2.45) is 7.05 Å². The second-order valence-corrected chi connectivity index (χ2v) is 11.4. The Kier molecular flexibility index (Phi) is 5.62. The SMILES string of the molecule is Cn1c(-c2cc3c(cc2-n2cccc2)c2cc(-n4cccc4)ccc2n3-c2cccc(-c3ccccn3)c2)nc2ccccc21. The molecule has 0 aliphatic carbocycles. The molecule has 45 heavy (non-hydrogen) atoms. The fourth-order valence-corrected chi connectivity index (χ4v) is 6.60. The third-order valence-electron chi connectivity index (χ3n) is 8.74. The van der Waals surface area contributed by atoms with E-state index in [1.165, 1.54) is 10.8 Å². The molecule has 0 fully saturated rings. The zero-order valence-corrected chi connectivity index (χ0v) is 24.6. The predicted octanol–water partition coefficient (Wildman–Crippen LogP) is 8.98. The molecule has 9 rings (SSSR count). The Balaban J connectivity index is 1.39. The van der Waals surface area contributed by atoms with E-state index in [4.69, 9.17) is 4.98 Å². The first-order chi connectivity index (χ1) is 22.2. The van der Waals surface area contributed by atoms with E-state index in [1.807, 2.05) is 24.4 Å². The molecule has 5 aromatic heterocycles. The number of fused-ring (bicyclic) bond motifs is 4. The van der Waals surface area contributed by atoms with E-state index in [-0.39, 0.29) is 0 Å². The van der Waals surface area contributed by atoms with Gasteiger partial charge in [0.1, 0.15) is 5.82 Å². The van der Waals surface area contributed by atoms with Crippen molar-refractivity contribution in [3.8, 4) is 39.7 Å². The van der Waals surface area contributed by atoms with Crippen molar-refractivity contribution in [3.05, 3.63) is 152 Å². The lowest BCUT2D eigenvalue weighted by atomic mass is 10.1. The molecule has 0 saturated heterocycles. The highest BCUT2D eigenvalue weighted by Crippen LogP contribution is 2.40. The molecule has 214 valence electrons. The summed E-state index contributed by atoms with van der Waals surface area (Å²) in [7, 11) is 2.10. The number of pyridine rings is 1. The number of aromatic nitrogens is 6. The largest absolute Gasteiger partial charge is 0.327 e. The number of para-hydroxylation sites is 2. The van der Waals surface area contributed by atoms with Crippen LogP contribution in [0.15, 0.2) is 152 Å². The summed E-state index contributed by atoms with van der Waals surface area (Å²) in [6.45, 7) is 0. The van der Waals surface area contributed by atoms with Crippen LogP contribution in [0.25, 0.3) is 72.5 Å². The van der Waals surface area contributed by atoms with E-state index < -0.39 is 0 Å². The van der Waals surface area contributed by atoms with E-state index in [0.29, 0.717) is 0 Å². The van der Waals surface area contributed by atoms with Gasteiger partial charge in [-0.05, 0) is 91.0 Å². The highest BCUT2D eigenvalue weighted by atomic mass is 15.1. The fourth-order valence-electron chi connectivity index (χ4n) is 6.60. The molecule has 0 saturated carbocycles. The molecule has 0 amide bonds. The van der Waals surface area contributed by atoms with Crippen molar-refractivity contribution < 1.29 is 0 Å². The van der Waals surface area contributed by atoms with Gasteiger partial charge in [0.25, 0.3) is 0 Å². The number of nitrogens with zero attached hydrogens (tertiary/aromatic N) is 6. The van der Waals surface area contributed by atoms with Gasteiger partial charge >= 0.3 is 0 Å². The molecular formula is C39H28N6. The molecule has 0 spiro atoms. The Labute approximate surface area is 259 Å². The molecule has 0 aliphatic heterocycles. The van der Waals surface area contributed by atoms with Crippen LogP contribution in [-0.2, 0) is 7.05 Å². The lowest BCUT2D eigenvalue weighted by molar-refractivity contribution is 0.953. The van der Waals surface area contributed by atoms with Crippen molar-refractivity contribution >= 4 is 32.8 Å². The molecule has 4 aromatic carbocycles. The van der Waals surface area contributed by atoms with Crippen LogP contribution < -0.4 is 0 Å². The van der Waals surface area contributed by atoms with E-state index in [2.05, 4.69) is 158 Å². The topological polar surface area (TPSA) is 45.5 Å². The van der Waals surface area contributed by atoms with Gasteiger partial charge in [-0.2, -0.15) is 0 Å². The van der Waals surface area contributed by atoms with Crippen molar-refractivity contribution in [3.63, 3.8) is 0 Å². The van der Waals surface area contributed by atoms with Gasteiger partial charge in [-0.3, -0.25) is 4.98 Å². The number of aryl methyl sites for hydroxylation is 1. The summed E-state index contributed by atoms with van der Waals surface area (Å²) in [6.07, 6.45) is 10.2. The van der Waals surface area contributed by atoms with E-state index >= 15 is 0 Å². The van der Waals surface area contributed by atoms with Crippen LogP contribution in [0.3, 0.4) is 0 Å². The minimum absolute atomic E-state index is 0.925. The molecule has 0 bridgehead atoms. The molecule has 0 aliphatic rings. The van der Waals surface area contributed by atoms with Crippen LogP contribution in [0.5, 0.6) is 0 Å². The molecule has 0 unspecified atom stereocenters. The van der Waals surface area contributed by atoms with Crippen LogP contribution in [0, 0.1) is 0 Å². The lowest BCUT2D eigenvalue weighted by Gasteiger charge is -2.14. The van der Waals surface area contributed by atoms with Gasteiger partial charge in [-0.25, -0.2) is 4.98 Å². The van der Waals surface area contributed by atoms with Gasteiger partial charge in [0.05, 0.1) is 33.4 Å². The lowest BCUT2D eigenvalue weighted by Crippen LogP contribution is -2.01. The van der Waals surface area contributed by atoms with Crippen LogP contribution >= 0.6 is 0 Å². The Morgan fingerprint density at radius 1 is 0.556 bits per heavy atom. The second-order valence-electron chi connectivity index (χ2n) is 11.4. The third kappa shape index (κ3) is 4.03. The van der Waals surface area contributed by atoms with E-state index in [9.17, 15) is 0 Å². The van der Waals surface area contributed by atoms with Crippen molar-refractivity contribution in [1.82, 2.24) is 28.2 Å². The quantitative estimate of drug-likeness (QED) is 0.204. The zero-order chi connectivity index (χ0) is 29.9. The van der Waals surface area contributed by atoms with Gasteiger partial charge in [-0.1, -0.05) is 30.3 Å². The fraction of sp³-hybridized carbons (Fsp3) is 0.0256. The van der Waals surface area contributed by atoms with E-state index in [1.54, 1.807) is 0 Å².